The highest BCUT2D eigenvalue weighted by Crippen LogP contribution is 2.66. The lowest BCUT2D eigenvalue weighted by atomic mass is 9.68. The Labute approximate surface area is 406 Å². The van der Waals surface area contributed by atoms with Crippen LogP contribution in [-0.4, -0.2) is 0 Å². The average molecular weight is 907 g/mol. The first kappa shape index (κ1) is 37.9. The van der Waals surface area contributed by atoms with Gasteiger partial charge in [0.05, 0.1) is 5.41 Å². The van der Waals surface area contributed by atoms with E-state index in [0.29, 0.717) is 0 Å². The quantitative estimate of drug-likeness (QED) is 0.155. The lowest BCUT2D eigenvalue weighted by Crippen LogP contribution is -2.26. The molecule has 318 valence electrons. The summed E-state index contributed by atoms with van der Waals surface area (Å²) in [5.41, 5.74) is 17.8. The number of hydrogen-bond acceptors (Lipinski definition) is 2. The number of rotatable bonds is 3. The van der Waals surface area contributed by atoms with Crippen LogP contribution in [0, 0.1) is 0 Å². The first-order valence-corrected chi connectivity index (χ1v) is 25.5. The molecule has 0 N–H and O–H groups in total. The van der Waals surface area contributed by atoms with Gasteiger partial charge in [0.1, 0.15) is 0 Å². The Hall–Kier alpha value is -8.14. The fourth-order valence-corrected chi connectivity index (χ4v) is 15.5. The lowest BCUT2D eigenvalue weighted by molar-refractivity contribution is 0.796. The van der Waals surface area contributed by atoms with Gasteiger partial charge in [0, 0.05) is 51.5 Å². The molecule has 0 radical (unpaired) electrons. The van der Waals surface area contributed by atoms with Gasteiger partial charge in [0.25, 0.3) is 0 Å². The predicted octanol–water partition coefficient (Wildman–Crippen LogP) is 19.2. The zero-order chi connectivity index (χ0) is 45.0. The summed E-state index contributed by atoms with van der Waals surface area (Å²) in [5, 5.41) is 12.9. The first-order chi connectivity index (χ1) is 34.3. The van der Waals surface area contributed by atoms with Crippen molar-refractivity contribution in [1.29, 1.82) is 0 Å². The van der Waals surface area contributed by atoms with E-state index in [2.05, 4.69) is 231 Å². The van der Waals surface area contributed by atoms with Gasteiger partial charge in [-0.15, -0.1) is 22.7 Å². The molecule has 0 saturated carbocycles. The second-order valence-electron chi connectivity index (χ2n) is 18.9. The molecule has 2 heterocycles. The van der Waals surface area contributed by atoms with E-state index >= 15 is 0 Å². The third-order valence-electron chi connectivity index (χ3n) is 15.7. The summed E-state index contributed by atoms with van der Waals surface area (Å²) >= 11 is 3.82. The highest BCUT2D eigenvalue weighted by atomic mass is 32.1. The zero-order valence-electron chi connectivity index (χ0n) is 37.3. The summed E-state index contributed by atoms with van der Waals surface area (Å²) in [6.07, 6.45) is 0. The van der Waals surface area contributed by atoms with Gasteiger partial charge in [-0.3, -0.25) is 0 Å². The van der Waals surface area contributed by atoms with Crippen molar-refractivity contribution in [2.24, 2.45) is 0 Å². The highest BCUT2D eigenvalue weighted by molar-refractivity contribution is 7.26. The molecule has 12 aromatic carbocycles. The van der Waals surface area contributed by atoms with E-state index in [0.717, 1.165) is 0 Å². The van der Waals surface area contributed by atoms with Crippen LogP contribution in [0.2, 0.25) is 0 Å². The molecule has 0 unspecified atom stereocenters. The van der Waals surface area contributed by atoms with E-state index in [1.807, 2.05) is 22.7 Å². The summed E-state index contributed by atoms with van der Waals surface area (Å²) < 4.78 is 5.30. The van der Waals surface area contributed by atoms with E-state index in [4.69, 9.17) is 0 Å². The average Bonchev–Trinajstić information content (AvgIpc) is 4.16. The standard InChI is InChI=1S/C67H38S2/c1-2-18-40-39(17-1)37-56(64-63(40)53-23-5-10-34-59(53)67(64)57-32-8-3-19-43(57)44-20-4-9-33-58(44)67)62-47-26-13-24-41(49-28-15-30-51-45-21-6-11-35-60(45)68-65(49)51)54(47)38-55-42(25-14-27-48(55)62)50-29-16-31-52-46-22-7-12-36-61(46)69-66(50)52/h1-38H. The molecule has 2 aromatic heterocycles. The van der Waals surface area contributed by atoms with Gasteiger partial charge in [0.15, 0.2) is 0 Å². The smallest absolute Gasteiger partial charge is 0.0731 e. The molecule has 1 spiro atoms. The molecular formula is C67H38S2. The Kier molecular flexibility index (Phi) is 7.67. The van der Waals surface area contributed by atoms with Crippen molar-refractivity contribution >= 4 is 95.3 Å². The van der Waals surface area contributed by atoms with Gasteiger partial charge in [-0.25, -0.2) is 0 Å². The molecule has 0 nitrogen and oxygen atoms in total. The Morgan fingerprint density at radius 3 is 1.22 bits per heavy atom. The Bertz CT molecular complexity index is 4340. The molecule has 69 heavy (non-hydrogen) atoms. The monoisotopic (exact) mass is 906 g/mol. The summed E-state index contributed by atoms with van der Waals surface area (Å²) in [6.45, 7) is 0. The van der Waals surface area contributed by atoms with Gasteiger partial charge < -0.3 is 0 Å². The molecule has 2 aliphatic carbocycles. The largest absolute Gasteiger partial charge is 0.135 e. The van der Waals surface area contributed by atoms with Gasteiger partial charge in [-0.05, 0) is 123 Å². The third kappa shape index (κ3) is 4.92. The number of thiophene rings is 2. The fourth-order valence-electron chi connectivity index (χ4n) is 13.0. The number of hydrogen-bond donors (Lipinski definition) is 0. The van der Waals surface area contributed by atoms with Crippen LogP contribution in [0.1, 0.15) is 22.3 Å². The van der Waals surface area contributed by atoms with Crippen LogP contribution in [0.25, 0.3) is 128 Å². The summed E-state index contributed by atoms with van der Waals surface area (Å²) in [4.78, 5) is 0. The van der Waals surface area contributed by atoms with Crippen molar-refractivity contribution < 1.29 is 0 Å². The first-order valence-electron chi connectivity index (χ1n) is 23.9. The maximum absolute atomic E-state index is 2.55. The Morgan fingerprint density at radius 2 is 0.652 bits per heavy atom. The normalized spacial score (nSPS) is 13.3. The fraction of sp³-hybridized carbons (Fsp3) is 0.0149. The maximum atomic E-state index is 2.55. The molecule has 0 bridgehead atoms. The van der Waals surface area contributed by atoms with Gasteiger partial charge in [-0.2, -0.15) is 0 Å². The van der Waals surface area contributed by atoms with Crippen molar-refractivity contribution in [2.75, 3.05) is 0 Å². The lowest BCUT2D eigenvalue weighted by Gasteiger charge is -2.33. The number of fused-ring (bicyclic) bond motifs is 20. The Morgan fingerprint density at radius 1 is 0.246 bits per heavy atom. The zero-order valence-corrected chi connectivity index (χ0v) is 38.9. The van der Waals surface area contributed by atoms with Crippen molar-refractivity contribution in [3.63, 3.8) is 0 Å². The molecule has 0 amide bonds. The summed E-state index contributed by atoms with van der Waals surface area (Å²) in [6, 6.07) is 87.8. The second-order valence-corrected chi connectivity index (χ2v) is 21.0. The van der Waals surface area contributed by atoms with Gasteiger partial charge in [0.2, 0.25) is 0 Å². The second kappa shape index (κ2) is 14.0. The molecule has 0 atom stereocenters. The minimum atomic E-state index is -0.548. The van der Waals surface area contributed by atoms with Crippen LogP contribution in [0.3, 0.4) is 0 Å². The van der Waals surface area contributed by atoms with Crippen molar-refractivity contribution in [3.8, 4) is 55.6 Å². The third-order valence-corrected chi connectivity index (χ3v) is 18.1. The SMILES string of the molecule is c1ccc2c(c1)-c1ccccc1C21c2ccccc2-c2c1c(-c1c3cccc(-c4cccc5c4sc4ccccc45)c3cc3c(-c4cccc5c4sc4ccccc45)cccc13)cc1ccccc21. The van der Waals surface area contributed by atoms with E-state index in [9.17, 15) is 0 Å². The molecular weight excluding hydrogens is 869 g/mol. The minimum absolute atomic E-state index is 0.548. The van der Waals surface area contributed by atoms with Gasteiger partial charge >= 0.3 is 0 Å². The molecule has 0 saturated heterocycles. The Balaban J connectivity index is 1.11. The van der Waals surface area contributed by atoms with Crippen LogP contribution in [0.15, 0.2) is 231 Å². The topological polar surface area (TPSA) is 0 Å². The molecule has 0 fully saturated rings. The van der Waals surface area contributed by atoms with E-state index < -0.39 is 5.41 Å². The van der Waals surface area contributed by atoms with Crippen LogP contribution in [-0.2, 0) is 5.41 Å². The van der Waals surface area contributed by atoms with E-state index in [1.54, 1.807) is 0 Å². The minimum Gasteiger partial charge on any atom is -0.135 e. The number of benzene rings is 12. The van der Waals surface area contributed by atoms with Crippen molar-refractivity contribution in [3.05, 3.63) is 253 Å². The molecule has 14 aromatic rings. The van der Waals surface area contributed by atoms with Crippen LogP contribution < -0.4 is 0 Å². The molecule has 0 aliphatic heterocycles. The van der Waals surface area contributed by atoms with Gasteiger partial charge in [-0.1, -0.05) is 206 Å². The van der Waals surface area contributed by atoms with E-state index in [1.165, 1.54) is 151 Å². The highest BCUT2D eigenvalue weighted by Gasteiger charge is 2.53. The maximum Gasteiger partial charge on any atom is 0.0731 e. The van der Waals surface area contributed by atoms with Crippen LogP contribution >= 0.6 is 22.7 Å². The molecule has 2 heteroatoms. The predicted molar refractivity (Wildman–Crippen MR) is 297 cm³/mol. The molecule has 16 rings (SSSR count). The van der Waals surface area contributed by atoms with Crippen LogP contribution in [0.4, 0.5) is 0 Å². The summed E-state index contributed by atoms with van der Waals surface area (Å²) in [7, 11) is 0. The van der Waals surface area contributed by atoms with Crippen LogP contribution in [0.5, 0.6) is 0 Å². The molecule has 2 aliphatic rings. The summed E-state index contributed by atoms with van der Waals surface area (Å²) in [5.74, 6) is 0. The van der Waals surface area contributed by atoms with E-state index in [-0.39, 0.29) is 0 Å². The van der Waals surface area contributed by atoms with Crippen molar-refractivity contribution in [1.82, 2.24) is 0 Å². The van der Waals surface area contributed by atoms with Crippen molar-refractivity contribution in [2.45, 2.75) is 5.41 Å².